The van der Waals surface area contributed by atoms with Crippen molar-refractivity contribution in [1.82, 2.24) is 19.7 Å². The first kappa shape index (κ1) is 16.3. The highest BCUT2D eigenvalue weighted by Gasteiger charge is 2.26. The molecule has 1 fully saturated rings. The highest BCUT2D eigenvalue weighted by Crippen LogP contribution is 2.27. The van der Waals surface area contributed by atoms with E-state index in [-0.39, 0.29) is 5.91 Å². The number of aryl methyl sites for hydroxylation is 1. The fraction of sp³-hybridized carbons (Fsp3) is 0.526. The van der Waals surface area contributed by atoms with Crippen molar-refractivity contribution in [2.75, 3.05) is 31.1 Å². The number of para-hydroxylation sites is 1. The number of piperidine rings is 1. The number of rotatable bonds is 4. The van der Waals surface area contributed by atoms with Crippen LogP contribution in [-0.2, 0) is 17.8 Å². The van der Waals surface area contributed by atoms with Crippen molar-refractivity contribution in [3.63, 3.8) is 0 Å². The lowest BCUT2D eigenvalue weighted by molar-refractivity contribution is -0.120. The van der Waals surface area contributed by atoms with Crippen molar-refractivity contribution in [3.8, 4) is 0 Å². The van der Waals surface area contributed by atoms with Crippen LogP contribution in [0, 0.1) is 5.92 Å². The lowest BCUT2D eigenvalue weighted by Gasteiger charge is -2.35. The van der Waals surface area contributed by atoms with E-state index in [0.29, 0.717) is 12.5 Å². The Morgan fingerprint density at radius 2 is 2.12 bits per heavy atom. The van der Waals surface area contributed by atoms with E-state index >= 15 is 0 Å². The maximum absolute atomic E-state index is 12.9. The summed E-state index contributed by atoms with van der Waals surface area (Å²) in [5.41, 5.74) is 2.40. The zero-order valence-corrected chi connectivity index (χ0v) is 14.5. The monoisotopic (exact) mass is 339 g/mol. The Morgan fingerprint density at radius 1 is 1.20 bits per heavy atom. The lowest BCUT2D eigenvalue weighted by Crippen LogP contribution is -2.46. The van der Waals surface area contributed by atoms with Crippen LogP contribution in [0.1, 0.15) is 24.8 Å². The van der Waals surface area contributed by atoms with Crippen molar-refractivity contribution < 1.29 is 4.79 Å². The van der Waals surface area contributed by atoms with E-state index in [1.165, 1.54) is 12.0 Å². The van der Waals surface area contributed by atoms with Crippen molar-refractivity contribution >= 4 is 11.6 Å². The second-order valence-corrected chi connectivity index (χ2v) is 7.14. The Morgan fingerprint density at radius 3 is 3.00 bits per heavy atom. The summed E-state index contributed by atoms with van der Waals surface area (Å²) in [7, 11) is 0. The van der Waals surface area contributed by atoms with Gasteiger partial charge >= 0.3 is 0 Å². The number of fused-ring (bicyclic) bond motifs is 1. The van der Waals surface area contributed by atoms with Gasteiger partial charge in [-0.15, -0.1) is 0 Å². The predicted molar refractivity (Wildman–Crippen MR) is 96.3 cm³/mol. The summed E-state index contributed by atoms with van der Waals surface area (Å²) in [4.78, 5) is 21.2. The average molecular weight is 339 g/mol. The molecular weight excluding hydrogens is 314 g/mol. The molecule has 4 rings (SSSR count). The fourth-order valence-electron chi connectivity index (χ4n) is 4.10. The van der Waals surface area contributed by atoms with E-state index in [0.717, 1.165) is 51.1 Å². The lowest BCUT2D eigenvalue weighted by atomic mass is 9.98. The third kappa shape index (κ3) is 3.74. The van der Waals surface area contributed by atoms with Crippen molar-refractivity contribution in [3.05, 3.63) is 42.5 Å². The number of hydrogen-bond acceptors (Lipinski definition) is 4. The van der Waals surface area contributed by atoms with Gasteiger partial charge in [-0.3, -0.25) is 14.4 Å². The van der Waals surface area contributed by atoms with Crippen LogP contribution in [0.4, 0.5) is 5.69 Å². The predicted octanol–water partition coefficient (Wildman–Crippen LogP) is 1.97. The summed E-state index contributed by atoms with van der Waals surface area (Å²) >= 11 is 0. The summed E-state index contributed by atoms with van der Waals surface area (Å²) in [5.74, 6) is 0.769. The van der Waals surface area contributed by atoms with Crippen LogP contribution in [0.2, 0.25) is 0 Å². The van der Waals surface area contributed by atoms with Gasteiger partial charge in [-0.05, 0) is 49.8 Å². The number of hydrogen-bond donors (Lipinski definition) is 0. The number of amides is 1. The Hall–Kier alpha value is -2.21. The van der Waals surface area contributed by atoms with Crippen LogP contribution in [0.5, 0.6) is 0 Å². The molecule has 132 valence electrons. The third-order valence-corrected chi connectivity index (χ3v) is 5.29. The van der Waals surface area contributed by atoms with Gasteiger partial charge in [0, 0.05) is 25.3 Å². The SMILES string of the molecule is O=C(CN1CCC[C@@H](Cn2cncn2)C1)N1CCCc2ccccc21. The van der Waals surface area contributed by atoms with Gasteiger partial charge in [-0.2, -0.15) is 5.10 Å². The molecular formula is C19H25N5O. The Balaban J connectivity index is 1.38. The van der Waals surface area contributed by atoms with Gasteiger partial charge in [0.25, 0.3) is 0 Å². The second-order valence-electron chi connectivity index (χ2n) is 7.14. The van der Waals surface area contributed by atoms with Gasteiger partial charge in [0.15, 0.2) is 0 Å². The van der Waals surface area contributed by atoms with Gasteiger partial charge in [0.1, 0.15) is 12.7 Å². The molecule has 2 aromatic rings. The number of carbonyl (C=O) groups excluding carboxylic acids is 1. The van der Waals surface area contributed by atoms with Crippen LogP contribution >= 0.6 is 0 Å². The average Bonchev–Trinajstić information content (AvgIpc) is 3.14. The molecule has 0 radical (unpaired) electrons. The molecule has 3 heterocycles. The minimum atomic E-state index is 0.230. The normalized spacial score (nSPS) is 21.1. The summed E-state index contributed by atoms with van der Waals surface area (Å²) in [6.07, 6.45) is 7.81. The van der Waals surface area contributed by atoms with Crippen molar-refractivity contribution in [2.24, 2.45) is 5.92 Å². The summed E-state index contributed by atoms with van der Waals surface area (Å²) < 4.78 is 1.90. The number of benzene rings is 1. The van der Waals surface area contributed by atoms with Crippen LogP contribution < -0.4 is 4.90 Å². The number of aromatic nitrogens is 3. The quantitative estimate of drug-likeness (QED) is 0.855. The van der Waals surface area contributed by atoms with E-state index in [2.05, 4.69) is 33.2 Å². The van der Waals surface area contributed by atoms with Gasteiger partial charge in [0.2, 0.25) is 5.91 Å². The molecule has 1 atom stereocenters. The third-order valence-electron chi connectivity index (χ3n) is 5.29. The summed E-state index contributed by atoms with van der Waals surface area (Å²) in [6.45, 7) is 4.21. The topological polar surface area (TPSA) is 54.3 Å². The molecule has 1 saturated heterocycles. The molecule has 0 N–H and O–H groups in total. The molecule has 0 aliphatic carbocycles. The van der Waals surface area contributed by atoms with Gasteiger partial charge in [-0.25, -0.2) is 4.98 Å². The van der Waals surface area contributed by atoms with Crippen LogP contribution in [0.15, 0.2) is 36.9 Å². The molecule has 2 aliphatic heterocycles. The summed E-state index contributed by atoms with van der Waals surface area (Å²) in [6, 6.07) is 8.31. The zero-order chi connectivity index (χ0) is 17.1. The van der Waals surface area contributed by atoms with Crippen LogP contribution in [0.25, 0.3) is 0 Å². The Kier molecular flexibility index (Phi) is 4.78. The summed E-state index contributed by atoms with van der Waals surface area (Å²) in [5, 5.41) is 4.21. The highest BCUT2D eigenvalue weighted by molar-refractivity contribution is 5.95. The molecule has 1 amide bonds. The fourth-order valence-corrected chi connectivity index (χ4v) is 4.10. The first-order chi connectivity index (χ1) is 12.3. The number of carbonyl (C=O) groups is 1. The molecule has 6 heteroatoms. The largest absolute Gasteiger partial charge is 0.311 e. The van der Waals surface area contributed by atoms with E-state index in [1.54, 1.807) is 12.7 Å². The molecule has 1 aromatic heterocycles. The van der Waals surface area contributed by atoms with E-state index in [9.17, 15) is 4.79 Å². The Labute approximate surface area is 148 Å². The number of likely N-dealkylation sites (tertiary alicyclic amines) is 1. The molecule has 2 aliphatic rings. The standard InChI is InChI=1S/C19H25N5O/c25-19(24-10-4-7-17-6-1-2-8-18(17)24)13-22-9-3-5-16(11-22)12-23-15-20-14-21-23/h1-2,6,8,14-16H,3-5,7,9-13H2/t16-/m1/s1. The van der Waals surface area contributed by atoms with Crippen molar-refractivity contribution in [1.29, 1.82) is 0 Å². The molecule has 0 saturated carbocycles. The first-order valence-electron chi connectivity index (χ1n) is 9.22. The molecule has 25 heavy (non-hydrogen) atoms. The number of anilines is 1. The van der Waals surface area contributed by atoms with Crippen LogP contribution in [0.3, 0.4) is 0 Å². The maximum Gasteiger partial charge on any atom is 0.241 e. The van der Waals surface area contributed by atoms with Gasteiger partial charge in [0.05, 0.1) is 6.54 Å². The molecule has 0 unspecified atom stereocenters. The second kappa shape index (κ2) is 7.35. The van der Waals surface area contributed by atoms with E-state index in [1.807, 2.05) is 15.6 Å². The number of nitrogens with zero attached hydrogens (tertiary/aromatic N) is 5. The van der Waals surface area contributed by atoms with Crippen molar-refractivity contribution in [2.45, 2.75) is 32.2 Å². The highest BCUT2D eigenvalue weighted by atomic mass is 16.2. The first-order valence-corrected chi connectivity index (χ1v) is 9.22. The maximum atomic E-state index is 12.9. The van der Waals surface area contributed by atoms with E-state index < -0.39 is 0 Å². The molecule has 6 nitrogen and oxygen atoms in total. The molecule has 1 aromatic carbocycles. The minimum Gasteiger partial charge on any atom is -0.311 e. The van der Waals surface area contributed by atoms with E-state index in [4.69, 9.17) is 0 Å². The smallest absolute Gasteiger partial charge is 0.241 e. The molecule has 0 spiro atoms. The molecule has 0 bridgehead atoms. The Bertz CT molecular complexity index is 714. The van der Waals surface area contributed by atoms with Crippen LogP contribution in [-0.4, -0.2) is 51.8 Å². The minimum absolute atomic E-state index is 0.230. The van der Waals surface area contributed by atoms with Gasteiger partial charge < -0.3 is 4.90 Å². The zero-order valence-electron chi connectivity index (χ0n) is 14.5. The van der Waals surface area contributed by atoms with Gasteiger partial charge in [-0.1, -0.05) is 18.2 Å².